The van der Waals surface area contributed by atoms with E-state index in [1.54, 1.807) is 12.3 Å². The lowest BCUT2D eigenvalue weighted by atomic mass is 10.0. The molecule has 0 atom stereocenters. The van der Waals surface area contributed by atoms with Crippen LogP contribution in [0.3, 0.4) is 0 Å². The van der Waals surface area contributed by atoms with Crippen molar-refractivity contribution in [2.24, 2.45) is 0 Å². The van der Waals surface area contributed by atoms with E-state index in [1.165, 1.54) is 6.07 Å². The van der Waals surface area contributed by atoms with Crippen LogP contribution in [0.4, 0.5) is 0 Å². The lowest BCUT2D eigenvalue weighted by Gasteiger charge is -2.09. The summed E-state index contributed by atoms with van der Waals surface area (Å²) in [7, 11) is 0. The van der Waals surface area contributed by atoms with Gasteiger partial charge in [-0.15, -0.1) is 0 Å². The summed E-state index contributed by atoms with van der Waals surface area (Å²) >= 11 is 12.1. The third-order valence-electron chi connectivity index (χ3n) is 3.24. The van der Waals surface area contributed by atoms with Crippen LogP contribution in [-0.2, 0) is 6.42 Å². The topological polar surface area (TPSA) is 33.1 Å². The molecule has 0 aliphatic heterocycles. The highest BCUT2D eigenvalue weighted by molar-refractivity contribution is 6.34. The highest BCUT2D eigenvalue weighted by atomic mass is 35.5. The van der Waals surface area contributed by atoms with Gasteiger partial charge in [-0.05, 0) is 35.7 Å². The largest absolute Gasteiger partial charge is 0.506 e. The Labute approximate surface area is 126 Å². The minimum atomic E-state index is 0.00000283. The van der Waals surface area contributed by atoms with E-state index in [2.05, 4.69) is 4.98 Å². The summed E-state index contributed by atoms with van der Waals surface area (Å²) < 4.78 is 0. The fourth-order valence-electron chi connectivity index (χ4n) is 2.23. The number of nitrogens with zero attached hydrogens (tertiary/aromatic N) is 1. The van der Waals surface area contributed by atoms with E-state index in [0.717, 1.165) is 22.0 Å². The van der Waals surface area contributed by atoms with Gasteiger partial charge in [0.1, 0.15) is 5.75 Å². The van der Waals surface area contributed by atoms with Crippen LogP contribution in [0.1, 0.15) is 11.1 Å². The second-order valence-corrected chi connectivity index (χ2v) is 5.37. The van der Waals surface area contributed by atoms with Gasteiger partial charge < -0.3 is 5.11 Å². The Kier molecular flexibility index (Phi) is 3.51. The number of aromatic nitrogens is 1. The smallest absolute Gasteiger partial charge is 0.135 e. The first-order valence-electron chi connectivity index (χ1n) is 6.14. The SMILES string of the molecule is Oc1cc(Cl)c(Cc2ccnc3ccccc23)cc1Cl. The third kappa shape index (κ3) is 2.45. The molecule has 2 nitrogen and oxygen atoms in total. The molecule has 100 valence electrons. The summed E-state index contributed by atoms with van der Waals surface area (Å²) in [5, 5.41) is 11.4. The van der Waals surface area contributed by atoms with Crippen LogP contribution < -0.4 is 0 Å². The van der Waals surface area contributed by atoms with Gasteiger partial charge in [0.25, 0.3) is 0 Å². The average Bonchev–Trinajstić information content (AvgIpc) is 2.45. The Balaban J connectivity index is 2.08. The predicted molar refractivity (Wildman–Crippen MR) is 82.7 cm³/mol. The minimum absolute atomic E-state index is 0.00000283. The second-order valence-electron chi connectivity index (χ2n) is 4.56. The van der Waals surface area contributed by atoms with E-state index in [4.69, 9.17) is 23.2 Å². The van der Waals surface area contributed by atoms with Gasteiger partial charge in [-0.25, -0.2) is 0 Å². The summed E-state index contributed by atoms with van der Waals surface area (Å²) in [6.07, 6.45) is 2.43. The minimum Gasteiger partial charge on any atom is -0.506 e. The number of para-hydroxylation sites is 1. The monoisotopic (exact) mass is 303 g/mol. The van der Waals surface area contributed by atoms with Gasteiger partial charge in [0.05, 0.1) is 10.5 Å². The van der Waals surface area contributed by atoms with Crippen LogP contribution in [0.5, 0.6) is 5.75 Å². The quantitative estimate of drug-likeness (QED) is 0.735. The molecule has 4 heteroatoms. The van der Waals surface area contributed by atoms with Gasteiger partial charge in [-0.3, -0.25) is 4.98 Å². The number of hydrogen-bond donors (Lipinski definition) is 1. The Bertz CT molecular complexity index is 781. The molecule has 1 N–H and O–H groups in total. The zero-order chi connectivity index (χ0) is 14.1. The molecule has 0 bridgehead atoms. The molecule has 0 radical (unpaired) electrons. The zero-order valence-electron chi connectivity index (χ0n) is 10.5. The summed E-state index contributed by atoms with van der Waals surface area (Å²) in [5.74, 6) is 0.00000283. The van der Waals surface area contributed by atoms with E-state index < -0.39 is 0 Å². The second kappa shape index (κ2) is 5.31. The van der Waals surface area contributed by atoms with Crippen molar-refractivity contribution in [1.29, 1.82) is 0 Å². The van der Waals surface area contributed by atoms with Crippen LogP contribution in [0, 0.1) is 0 Å². The number of halogens is 2. The average molecular weight is 304 g/mol. The van der Waals surface area contributed by atoms with Crippen LogP contribution in [0.15, 0.2) is 48.7 Å². The van der Waals surface area contributed by atoms with E-state index in [0.29, 0.717) is 16.5 Å². The Morgan fingerprint density at radius 3 is 2.60 bits per heavy atom. The van der Waals surface area contributed by atoms with Gasteiger partial charge in [0, 0.05) is 22.7 Å². The van der Waals surface area contributed by atoms with Gasteiger partial charge >= 0.3 is 0 Å². The van der Waals surface area contributed by atoms with Crippen LogP contribution in [-0.4, -0.2) is 10.1 Å². The van der Waals surface area contributed by atoms with Crippen molar-refractivity contribution in [3.63, 3.8) is 0 Å². The molecule has 2 aromatic carbocycles. The van der Waals surface area contributed by atoms with Crippen molar-refractivity contribution < 1.29 is 5.11 Å². The number of phenolic OH excluding ortho intramolecular Hbond substituents is 1. The lowest BCUT2D eigenvalue weighted by Crippen LogP contribution is -1.92. The van der Waals surface area contributed by atoms with Crippen LogP contribution in [0.25, 0.3) is 10.9 Å². The van der Waals surface area contributed by atoms with Crippen molar-refractivity contribution in [2.45, 2.75) is 6.42 Å². The molecule has 0 aliphatic rings. The van der Waals surface area contributed by atoms with Crippen molar-refractivity contribution in [2.75, 3.05) is 0 Å². The maximum absolute atomic E-state index is 9.54. The first kappa shape index (κ1) is 13.2. The highest BCUT2D eigenvalue weighted by Crippen LogP contribution is 2.32. The fraction of sp³-hybridized carbons (Fsp3) is 0.0625. The van der Waals surface area contributed by atoms with Gasteiger partial charge in [0.15, 0.2) is 0 Å². The zero-order valence-corrected chi connectivity index (χ0v) is 12.0. The fourth-order valence-corrected chi connectivity index (χ4v) is 2.64. The van der Waals surface area contributed by atoms with Crippen molar-refractivity contribution in [3.05, 3.63) is 69.8 Å². The standard InChI is InChI=1S/C16H11Cl2NO/c17-13-9-16(20)14(18)8-11(13)7-10-5-6-19-15-4-2-1-3-12(10)15/h1-6,8-9,20H,7H2. The summed E-state index contributed by atoms with van der Waals surface area (Å²) in [6.45, 7) is 0. The lowest BCUT2D eigenvalue weighted by molar-refractivity contribution is 0.475. The first-order chi connectivity index (χ1) is 9.65. The van der Waals surface area contributed by atoms with Crippen molar-refractivity contribution >= 4 is 34.1 Å². The van der Waals surface area contributed by atoms with Crippen LogP contribution in [0.2, 0.25) is 10.0 Å². The maximum atomic E-state index is 9.54. The molecule has 0 unspecified atom stereocenters. The number of rotatable bonds is 2. The van der Waals surface area contributed by atoms with E-state index in [9.17, 15) is 5.11 Å². The molecule has 0 aliphatic carbocycles. The number of fused-ring (bicyclic) bond motifs is 1. The number of aromatic hydroxyl groups is 1. The van der Waals surface area contributed by atoms with Crippen molar-refractivity contribution in [1.82, 2.24) is 4.98 Å². The number of hydrogen-bond acceptors (Lipinski definition) is 2. The summed E-state index contributed by atoms with van der Waals surface area (Å²) in [4.78, 5) is 4.34. The highest BCUT2D eigenvalue weighted by Gasteiger charge is 2.09. The molecule has 0 fully saturated rings. The van der Waals surface area contributed by atoms with E-state index >= 15 is 0 Å². The molecular formula is C16H11Cl2NO. The van der Waals surface area contributed by atoms with Crippen LogP contribution >= 0.6 is 23.2 Å². The van der Waals surface area contributed by atoms with Crippen molar-refractivity contribution in [3.8, 4) is 5.75 Å². The van der Waals surface area contributed by atoms with E-state index in [-0.39, 0.29) is 5.75 Å². The molecule has 0 amide bonds. The maximum Gasteiger partial charge on any atom is 0.135 e. The number of phenols is 1. The van der Waals surface area contributed by atoms with Gasteiger partial charge in [0.2, 0.25) is 0 Å². The third-order valence-corrected chi connectivity index (χ3v) is 3.89. The molecule has 20 heavy (non-hydrogen) atoms. The molecule has 0 spiro atoms. The molecule has 3 aromatic rings. The summed E-state index contributed by atoms with van der Waals surface area (Å²) in [6, 6.07) is 13.1. The Morgan fingerprint density at radius 1 is 0.950 bits per heavy atom. The normalized spacial score (nSPS) is 10.9. The van der Waals surface area contributed by atoms with Gasteiger partial charge in [-0.1, -0.05) is 41.4 Å². The molecule has 3 rings (SSSR count). The van der Waals surface area contributed by atoms with E-state index in [1.807, 2.05) is 30.3 Å². The predicted octanol–water partition coefficient (Wildman–Crippen LogP) is 4.84. The molecule has 0 saturated heterocycles. The molecule has 1 heterocycles. The number of pyridine rings is 1. The first-order valence-corrected chi connectivity index (χ1v) is 6.90. The van der Waals surface area contributed by atoms with Gasteiger partial charge in [-0.2, -0.15) is 0 Å². The number of benzene rings is 2. The summed E-state index contributed by atoms with van der Waals surface area (Å²) in [5.41, 5.74) is 2.95. The Morgan fingerprint density at radius 2 is 1.75 bits per heavy atom. The Hall–Kier alpha value is -1.77. The molecular weight excluding hydrogens is 293 g/mol. The molecule has 1 aromatic heterocycles. The molecule has 0 saturated carbocycles.